The van der Waals surface area contributed by atoms with E-state index in [2.05, 4.69) is 6.92 Å². The molecule has 2 N–H and O–H groups in total. The summed E-state index contributed by atoms with van der Waals surface area (Å²) in [6.45, 7) is 2.10. The molecule has 1 aromatic rings. The van der Waals surface area contributed by atoms with Gasteiger partial charge in [-0.1, -0.05) is 18.5 Å². The van der Waals surface area contributed by atoms with Crippen LogP contribution in [-0.4, -0.2) is 5.25 Å². The summed E-state index contributed by atoms with van der Waals surface area (Å²) in [6.07, 6.45) is 0.999. The Labute approximate surface area is 98.2 Å². The number of benzene rings is 1. The molecule has 2 rings (SSSR count). The van der Waals surface area contributed by atoms with Gasteiger partial charge in [0.25, 0.3) is 0 Å². The van der Waals surface area contributed by atoms with Crippen LogP contribution in [0, 0.1) is 5.82 Å². The Kier molecular flexibility index (Phi) is 3.24. The van der Waals surface area contributed by atoms with Crippen molar-refractivity contribution in [1.82, 2.24) is 0 Å². The maximum absolute atomic E-state index is 13.6. The fourth-order valence-electron chi connectivity index (χ4n) is 1.94. The number of nitrogens with two attached hydrogens (primary N) is 1. The molecule has 0 saturated carbocycles. The predicted octanol–water partition coefficient (Wildman–Crippen LogP) is 3.50. The zero-order chi connectivity index (χ0) is 11.0. The van der Waals surface area contributed by atoms with Gasteiger partial charge < -0.3 is 5.73 Å². The summed E-state index contributed by atoms with van der Waals surface area (Å²) in [5.41, 5.74) is 7.70. The Morgan fingerprint density at radius 2 is 2.33 bits per heavy atom. The molecule has 1 heterocycles. The van der Waals surface area contributed by atoms with Crippen molar-refractivity contribution in [3.8, 4) is 0 Å². The fourth-order valence-corrected chi connectivity index (χ4v) is 3.43. The molecule has 2 unspecified atom stereocenters. The van der Waals surface area contributed by atoms with Gasteiger partial charge in [-0.05, 0) is 24.1 Å². The molecule has 2 atom stereocenters. The molecule has 82 valence electrons. The van der Waals surface area contributed by atoms with Crippen molar-refractivity contribution >= 4 is 23.4 Å². The van der Waals surface area contributed by atoms with E-state index < -0.39 is 0 Å². The molecule has 1 aliphatic rings. The minimum atomic E-state index is -0.227. The van der Waals surface area contributed by atoms with Crippen LogP contribution < -0.4 is 5.73 Å². The second-order valence-corrected chi connectivity index (χ2v) is 5.40. The minimum Gasteiger partial charge on any atom is -0.323 e. The third-order valence-electron chi connectivity index (χ3n) is 2.80. The van der Waals surface area contributed by atoms with E-state index in [1.165, 1.54) is 6.07 Å². The predicted molar refractivity (Wildman–Crippen MR) is 63.7 cm³/mol. The van der Waals surface area contributed by atoms with Gasteiger partial charge in [-0.15, -0.1) is 0 Å². The highest BCUT2D eigenvalue weighted by Crippen LogP contribution is 2.39. The molecule has 0 radical (unpaired) electrons. The Hall–Kier alpha value is -0.250. The van der Waals surface area contributed by atoms with Crippen molar-refractivity contribution in [2.45, 2.75) is 30.4 Å². The van der Waals surface area contributed by atoms with Crippen LogP contribution in [0.2, 0.25) is 5.02 Å². The molecule has 15 heavy (non-hydrogen) atoms. The number of thioether (sulfide) groups is 1. The number of hydrogen-bond donors (Lipinski definition) is 1. The lowest BCUT2D eigenvalue weighted by Gasteiger charge is -2.30. The summed E-state index contributed by atoms with van der Waals surface area (Å²) in [5.74, 6) is 0.472. The smallest absolute Gasteiger partial charge is 0.129 e. The number of rotatable bonds is 1. The van der Waals surface area contributed by atoms with Gasteiger partial charge in [-0.3, -0.25) is 0 Å². The third kappa shape index (κ3) is 2.01. The van der Waals surface area contributed by atoms with Gasteiger partial charge in [0.05, 0.1) is 0 Å². The largest absolute Gasteiger partial charge is 0.323 e. The lowest BCUT2D eigenvalue weighted by Crippen LogP contribution is -2.28. The van der Waals surface area contributed by atoms with Gasteiger partial charge >= 0.3 is 0 Å². The van der Waals surface area contributed by atoms with Crippen molar-refractivity contribution in [2.75, 3.05) is 0 Å². The first kappa shape index (κ1) is 11.2. The zero-order valence-corrected chi connectivity index (χ0v) is 10.0. The summed E-state index contributed by atoms with van der Waals surface area (Å²) >= 11 is 7.56. The van der Waals surface area contributed by atoms with E-state index in [1.807, 2.05) is 0 Å². The van der Waals surface area contributed by atoms with Gasteiger partial charge in [0.2, 0.25) is 0 Å². The summed E-state index contributed by atoms with van der Waals surface area (Å²) in [4.78, 5) is 0. The molecule has 1 aliphatic heterocycles. The van der Waals surface area contributed by atoms with Crippen LogP contribution in [0.25, 0.3) is 0 Å². The first-order valence-electron chi connectivity index (χ1n) is 4.98. The standard InChI is InChI=1S/C11H13ClFNS/c1-2-10-11(14)7-3-6(12)4-9(13)8(7)5-15-10/h3-4,10-11H,2,5,14H2,1H3. The van der Waals surface area contributed by atoms with E-state index in [9.17, 15) is 4.39 Å². The molecule has 0 aromatic heterocycles. The molecular weight excluding hydrogens is 233 g/mol. The van der Waals surface area contributed by atoms with Crippen LogP contribution >= 0.6 is 23.4 Å². The topological polar surface area (TPSA) is 26.0 Å². The molecule has 0 saturated heterocycles. The molecule has 0 aliphatic carbocycles. The third-order valence-corrected chi connectivity index (χ3v) is 4.53. The van der Waals surface area contributed by atoms with Crippen LogP contribution in [0.3, 0.4) is 0 Å². The van der Waals surface area contributed by atoms with Crippen molar-refractivity contribution in [2.24, 2.45) is 5.73 Å². The second kappa shape index (κ2) is 4.32. The molecule has 1 nitrogen and oxygen atoms in total. The molecule has 1 aromatic carbocycles. The van der Waals surface area contributed by atoms with Gasteiger partial charge in [0.15, 0.2) is 0 Å². The van der Waals surface area contributed by atoms with Crippen LogP contribution in [0.15, 0.2) is 12.1 Å². The normalized spacial score (nSPS) is 25.1. The first-order chi connectivity index (χ1) is 7.13. The zero-order valence-electron chi connectivity index (χ0n) is 8.47. The van der Waals surface area contributed by atoms with Crippen LogP contribution in [0.5, 0.6) is 0 Å². The minimum absolute atomic E-state index is 0.100. The Morgan fingerprint density at radius 1 is 1.60 bits per heavy atom. The van der Waals surface area contributed by atoms with Crippen molar-refractivity contribution in [1.29, 1.82) is 0 Å². The number of halogens is 2. The van der Waals surface area contributed by atoms with Gasteiger partial charge in [-0.2, -0.15) is 11.8 Å². The fraction of sp³-hybridized carbons (Fsp3) is 0.455. The van der Waals surface area contributed by atoms with Crippen molar-refractivity contribution in [3.05, 3.63) is 34.1 Å². The first-order valence-corrected chi connectivity index (χ1v) is 6.41. The average molecular weight is 246 g/mol. The Morgan fingerprint density at radius 3 is 3.00 bits per heavy atom. The van der Waals surface area contributed by atoms with Crippen molar-refractivity contribution in [3.63, 3.8) is 0 Å². The highest BCUT2D eigenvalue weighted by molar-refractivity contribution is 7.99. The van der Waals surface area contributed by atoms with Gasteiger partial charge in [0.1, 0.15) is 5.82 Å². The van der Waals surface area contributed by atoms with Crippen LogP contribution in [0.1, 0.15) is 30.5 Å². The maximum atomic E-state index is 13.6. The molecule has 0 fully saturated rings. The lowest BCUT2D eigenvalue weighted by atomic mass is 9.97. The SMILES string of the molecule is CCC1SCc2c(F)cc(Cl)cc2C1N. The monoisotopic (exact) mass is 245 g/mol. The summed E-state index contributed by atoms with van der Waals surface area (Å²) in [5, 5.41) is 0.804. The molecule has 4 heteroatoms. The van der Waals surface area contributed by atoms with Crippen LogP contribution in [-0.2, 0) is 5.75 Å². The van der Waals surface area contributed by atoms with E-state index in [-0.39, 0.29) is 11.9 Å². The number of hydrogen-bond acceptors (Lipinski definition) is 2. The summed E-state index contributed by atoms with van der Waals surface area (Å²) in [6, 6.07) is 3.06. The Bertz CT molecular complexity index is 383. The maximum Gasteiger partial charge on any atom is 0.129 e. The van der Waals surface area contributed by atoms with Gasteiger partial charge in [0, 0.05) is 27.6 Å². The van der Waals surface area contributed by atoms with E-state index >= 15 is 0 Å². The van der Waals surface area contributed by atoms with E-state index in [1.54, 1.807) is 17.8 Å². The molecular formula is C11H13ClFNS. The summed E-state index contributed by atoms with van der Waals surface area (Å²) in [7, 11) is 0. The van der Waals surface area contributed by atoms with E-state index in [0.717, 1.165) is 17.5 Å². The van der Waals surface area contributed by atoms with E-state index in [4.69, 9.17) is 17.3 Å². The molecule has 0 spiro atoms. The number of fused-ring (bicyclic) bond motifs is 1. The van der Waals surface area contributed by atoms with Gasteiger partial charge in [-0.25, -0.2) is 4.39 Å². The molecule has 0 amide bonds. The highest BCUT2D eigenvalue weighted by atomic mass is 35.5. The highest BCUT2D eigenvalue weighted by Gasteiger charge is 2.28. The van der Waals surface area contributed by atoms with Crippen LogP contribution in [0.4, 0.5) is 4.39 Å². The Balaban J connectivity index is 2.46. The molecule has 0 bridgehead atoms. The lowest BCUT2D eigenvalue weighted by molar-refractivity contribution is 0.590. The van der Waals surface area contributed by atoms with E-state index in [0.29, 0.717) is 16.0 Å². The van der Waals surface area contributed by atoms with Crippen molar-refractivity contribution < 1.29 is 4.39 Å². The quantitative estimate of drug-likeness (QED) is 0.820. The average Bonchev–Trinajstić information content (AvgIpc) is 2.19. The second-order valence-electron chi connectivity index (χ2n) is 3.74. The summed E-state index contributed by atoms with van der Waals surface area (Å²) < 4.78 is 13.6.